The molecule has 3 N–H and O–H groups in total. The molecule has 2 aromatic carbocycles. The van der Waals surface area contributed by atoms with E-state index in [-0.39, 0.29) is 17.7 Å². The van der Waals surface area contributed by atoms with E-state index >= 15 is 0 Å². The fraction of sp³-hybridized carbons (Fsp3) is 0.292. The molecule has 1 aliphatic rings. The van der Waals surface area contributed by atoms with E-state index in [1.54, 1.807) is 36.4 Å². The smallest absolute Gasteiger partial charge is 0.342 e. The van der Waals surface area contributed by atoms with Gasteiger partial charge in [0.25, 0.3) is 5.91 Å². The van der Waals surface area contributed by atoms with Gasteiger partial charge >= 0.3 is 6.03 Å². The Morgan fingerprint density at radius 2 is 1.97 bits per heavy atom. The lowest BCUT2D eigenvalue weighted by Crippen LogP contribution is -2.31. The molecule has 32 heavy (non-hydrogen) atoms. The minimum Gasteiger partial charge on any atom is -0.507 e. The van der Waals surface area contributed by atoms with E-state index in [4.69, 9.17) is 4.74 Å². The highest BCUT2D eigenvalue weighted by molar-refractivity contribution is 6.06. The second kappa shape index (κ2) is 9.13. The van der Waals surface area contributed by atoms with Gasteiger partial charge in [0.2, 0.25) is 0 Å². The number of nitrogens with one attached hydrogen (secondary N) is 2. The number of phenols is 1. The van der Waals surface area contributed by atoms with Crippen molar-refractivity contribution >= 4 is 17.6 Å². The lowest BCUT2D eigenvalue weighted by molar-refractivity contribution is 0.102. The molecular formula is C24H26N4O4. The Morgan fingerprint density at radius 3 is 2.69 bits per heavy atom. The van der Waals surface area contributed by atoms with Crippen LogP contribution < -0.4 is 15.4 Å². The lowest BCUT2D eigenvalue weighted by atomic mass is 10.1. The maximum Gasteiger partial charge on any atom is 0.342 e. The number of nitrogens with zero attached hydrogens (tertiary/aromatic N) is 2. The van der Waals surface area contributed by atoms with Gasteiger partial charge in [-0.3, -0.25) is 4.79 Å². The van der Waals surface area contributed by atoms with Crippen LogP contribution in [0.15, 0.2) is 48.5 Å². The Labute approximate surface area is 186 Å². The molecule has 2 amide bonds. The third-order valence-corrected chi connectivity index (χ3v) is 5.33. The first-order valence-electron chi connectivity index (χ1n) is 10.7. The second-order valence-electron chi connectivity index (χ2n) is 7.76. The van der Waals surface area contributed by atoms with Gasteiger partial charge in [-0.25, -0.2) is 4.79 Å². The summed E-state index contributed by atoms with van der Waals surface area (Å²) in [5.74, 6) is 0.442. The molecule has 0 radical (unpaired) electrons. The third kappa shape index (κ3) is 4.44. The number of aromatic hydroxyl groups is 1. The SMILES string of the molecule is CCCNC(=O)n1nc(-c2cc(NC(=O)c3ccccc3OC)ccc2O)cc1C1CC1. The fourth-order valence-corrected chi connectivity index (χ4v) is 3.52. The summed E-state index contributed by atoms with van der Waals surface area (Å²) in [6.07, 6.45) is 2.84. The zero-order chi connectivity index (χ0) is 22.7. The van der Waals surface area contributed by atoms with E-state index in [1.807, 2.05) is 13.0 Å². The first-order valence-corrected chi connectivity index (χ1v) is 10.7. The summed E-state index contributed by atoms with van der Waals surface area (Å²) < 4.78 is 6.65. The molecule has 1 heterocycles. The van der Waals surface area contributed by atoms with Gasteiger partial charge in [-0.1, -0.05) is 19.1 Å². The molecule has 1 saturated carbocycles. The van der Waals surface area contributed by atoms with Gasteiger partial charge in [0, 0.05) is 23.7 Å². The van der Waals surface area contributed by atoms with E-state index in [0.29, 0.717) is 40.7 Å². The summed E-state index contributed by atoms with van der Waals surface area (Å²) in [5.41, 5.74) is 2.64. The van der Waals surface area contributed by atoms with Gasteiger partial charge in [0.1, 0.15) is 11.5 Å². The van der Waals surface area contributed by atoms with Crippen LogP contribution in [-0.4, -0.2) is 40.5 Å². The number of carbonyl (C=O) groups excluding carboxylic acids is 2. The normalized spacial score (nSPS) is 12.9. The van der Waals surface area contributed by atoms with E-state index < -0.39 is 0 Å². The van der Waals surface area contributed by atoms with Crippen LogP contribution >= 0.6 is 0 Å². The average Bonchev–Trinajstić information content (AvgIpc) is 3.56. The Morgan fingerprint density at radius 1 is 1.19 bits per heavy atom. The molecule has 0 bridgehead atoms. The van der Waals surface area contributed by atoms with Crippen LogP contribution in [0, 0.1) is 0 Å². The summed E-state index contributed by atoms with van der Waals surface area (Å²) in [7, 11) is 1.51. The number of hydrogen-bond acceptors (Lipinski definition) is 5. The Balaban J connectivity index is 1.63. The second-order valence-corrected chi connectivity index (χ2v) is 7.76. The van der Waals surface area contributed by atoms with Crippen LogP contribution in [0.25, 0.3) is 11.3 Å². The predicted molar refractivity (Wildman–Crippen MR) is 121 cm³/mol. The number of ether oxygens (including phenoxy) is 1. The minimum absolute atomic E-state index is 0.0150. The van der Waals surface area contributed by atoms with Crippen molar-refractivity contribution in [3.8, 4) is 22.8 Å². The molecule has 0 spiro atoms. The van der Waals surface area contributed by atoms with Gasteiger partial charge in [0.05, 0.1) is 24.1 Å². The first-order chi connectivity index (χ1) is 15.5. The number of methoxy groups -OCH3 is 1. The van der Waals surface area contributed by atoms with Gasteiger partial charge in [-0.2, -0.15) is 9.78 Å². The number of anilines is 1. The lowest BCUT2D eigenvalue weighted by Gasteiger charge is -2.10. The summed E-state index contributed by atoms with van der Waals surface area (Å²) in [6, 6.07) is 13.3. The Kier molecular flexibility index (Phi) is 6.11. The molecule has 0 saturated heterocycles. The van der Waals surface area contributed by atoms with Crippen molar-refractivity contribution in [1.29, 1.82) is 0 Å². The highest BCUT2D eigenvalue weighted by Crippen LogP contribution is 2.42. The van der Waals surface area contributed by atoms with Crippen molar-refractivity contribution in [1.82, 2.24) is 15.1 Å². The predicted octanol–water partition coefficient (Wildman–Crippen LogP) is 4.36. The maximum atomic E-state index is 12.7. The highest BCUT2D eigenvalue weighted by atomic mass is 16.5. The highest BCUT2D eigenvalue weighted by Gasteiger charge is 2.30. The number of phenolic OH excluding ortho intramolecular Hbond substituents is 1. The van der Waals surface area contributed by atoms with Gasteiger partial charge in [-0.15, -0.1) is 0 Å². The number of benzene rings is 2. The third-order valence-electron chi connectivity index (χ3n) is 5.33. The topological polar surface area (TPSA) is 105 Å². The molecule has 8 nitrogen and oxygen atoms in total. The summed E-state index contributed by atoms with van der Waals surface area (Å²) in [4.78, 5) is 25.3. The summed E-state index contributed by atoms with van der Waals surface area (Å²) in [5, 5.41) is 20.6. The number of amides is 2. The molecule has 8 heteroatoms. The van der Waals surface area contributed by atoms with Crippen molar-refractivity contribution < 1.29 is 19.4 Å². The number of hydrogen-bond donors (Lipinski definition) is 3. The van der Waals surface area contributed by atoms with Gasteiger partial charge in [0.15, 0.2) is 0 Å². The van der Waals surface area contributed by atoms with E-state index in [0.717, 1.165) is 25.0 Å². The molecule has 1 fully saturated rings. The van der Waals surface area contributed by atoms with Crippen molar-refractivity contribution in [2.75, 3.05) is 19.0 Å². The van der Waals surface area contributed by atoms with Crippen LogP contribution in [0.5, 0.6) is 11.5 Å². The number of carbonyl (C=O) groups is 2. The molecule has 4 rings (SSSR count). The summed E-state index contributed by atoms with van der Waals surface area (Å²) in [6.45, 7) is 2.55. The minimum atomic E-state index is -0.331. The largest absolute Gasteiger partial charge is 0.507 e. The van der Waals surface area contributed by atoms with Gasteiger partial charge in [-0.05, 0) is 55.7 Å². The van der Waals surface area contributed by atoms with Crippen molar-refractivity contribution in [2.45, 2.75) is 32.1 Å². The molecule has 166 valence electrons. The molecule has 1 aromatic heterocycles. The number of para-hydroxylation sites is 1. The standard InChI is InChI=1S/C24H26N4O4/c1-3-12-25-24(31)28-20(15-8-9-15)14-19(27-28)18-13-16(10-11-21(18)29)26-23(30)17-6-4-5-7-22(17)32-2/h4-7,10-11,13-15,29H,3,8-9,12H2,1-2H3,(H,25,31)(H,26,30). The quantitative estimate of drug-likeness (QED) is 0.479. The fourth-order valence-electron chi connectivity index (χ4n) is 3.52. The van der Waals surface area contributed by atoms with Crippen LogP contribution in [0.2, 0.25) is 0 Å². The van der Waals surface area contributed by atoms with Crippen molar-refractivity contribution in [2.24, 2.45) is 0 Å². The average molecular weight is 434 g/mol. The van der Waals surface area contributed by atoms with E-state index in [1.165, 1.54) is 17.9 Å². The molecule has 0 atom stereocenters. The monoisotopic (exact) mass is 434 g/mol. The number of rotatable bonds is 7. The van der Waals surface area contributed by atoms with E-state index in [2.05, 4.69) is 15.7 Å². The zero-order valence-corrected chi connectivity index (χ0v) is 18.1. The van der Waals surface area contributed by atoms with Gasteiger partial charge < -0.3 is 20.5 Å². The van der Waals surface area contributed by atoms with Crippen molar-refractivity contribution in [3.63, 3.8) is 0 Å². The van der Waals surface area contributed by atoms with Crippen LogP contribution in [-0.2, 0) is 0 Å². The first kappa shape index (κ1) is 21.4. The maximum absolute atomic E-state index is 12.7. The van der Waals surface area contributed by atoms with E-state index in [9.17, 15) is 14.7 Å². The van der Waals surface area contributed by atoms with Crippen LogP contribution in [0.4, 0.5) is 10.5 Å². The molecular weight excluding hydrogens is 408 g/mol. The molecule has 0 unspecified atom stereocenters. The van der Waals surface area contributed by atoms with Crippen LogP contribution in [0.3, 0.4) is 0 Å². The summed E-state index contributed by atoms with van der Waals surface area (Å²) >= 11 is 0. The van der Waals surface area contributed by atoms with Crippen molar-refractivity contribution in [3.05, 3.63) is 59.8 Å². The molecule has 0 aliphatic heterocycles. The molecule has 1 aliphatic carbocycles. The van der Waals surface area contributed by atoms with Crippen LogP contribution in [0.1, 0.15) is 48.2 Å². The Hall–Kier alpha value is -3.81. The number of aromatic nitrogens is 2. The molecule has 3 aromatic rings. The zero-order valence-electron chi connectivity index (χ0n) is 18.1. The Bertz CT molecular complexity index is 1150.